The van der Waals surface area contributed by atoms with E-state index in [1.807, 2.05) is 0 Å². The van der Waals surface area contributed by atoms with Gasteiger partial charge in [0.1, 0.15) is 4.90 Å². The molecular weight excluding hydrogens is 300 g/mol. The van der Waals surface area contributed by atoms with E-state index in [1.54, 1.807) is 0 Å². The summed E-state index contributed by atoms with van der Waals surface area (Å²) >= 11 is 0. The molecule has 0 bridgehead atoms. The summed E-state index contributed by atoms with van der Waals surface area (Å²) in [4.78, 5) is 21.0. The average Bonchev–Trinajstić information content (AvgIpc) is 3.20. The van der Waals surface area contributed by atoms with Gasteiger partial charge in [0.15, 0.2) is 0 Å². The molecule has 21 heavy (non-hydrogen) atoms. The Morgan fingerprint density at radius 1 is 1.43 bits per heavy atom. The number of nitrogens with one attached hydrogen (secondary N) is 2. The van der Waals surface area contributed by atoms with Crippen LogP contribution in [0.25, 0.3) is 0 Å². The van der Waals surface area contributed by atoms with Crippen LogP contribution in [-0.2, 0) is 14.8 Å². The first-order chi connectivity index (χ1) is 9.79. The second-order valence-corrected chi connectivity index (χ2v) is 6.38. The standard InChI is InChI=1S/C11H14N4O5S/c12-9-4-3-8(15(17)18)5-10(9)21(19,20)13-6-11(16)14-7-1-2-7/h3-5,7,13H,1-2,6,12H2,(H,14,16). The van der Waals surface area contributed by atoms with Crippen molar-refractivity contribution in [1.82, 2.24) is 10.0 Å². The molecule has 10 heteroatoms. The van der Waals surface area contributed by atoms with Gasteiger partial charge in [-0.15, -0.1) is 0 Å². The maximum absolute atomic E-state index is 12.0. The largest absolute Gasteiger partial charge is 0.398 e. The highest BCUT2D eigenvalue weighted by Gasteiger charge is 2.25. The van der Waals surface area contributed by atoms with Crippen molar-refractivity contribution < 1.29 is 18.1 Å². The van der Waals surface area contributed by atoms with Crippen LogP contribution in [0.1, 0.15) is 12.8 Å². The molecule has 0 atom stereocenters. The van der Waals surface area contributed by atoms with Crippen molar-refractivity contribution >= 4 is 27.3 Å². The number of nitrogens with two attached hydrogens (primary N) is 1. The number of sulfonamides is 1. The van der Waals surface area contributed by atoms with Crippen LogP contribution in [0.5, 0.6) is 0 Å². The van der Waals surface area contributed by atoms with Gasteiger partial charge in [0.05, 0.1) is 17.2 Å². The Hall–Kier alpha value is -2.20. The van der Waals surface area contributed by atoms with Crippen molar-refractivity contribution in [2.75, 3.05) is 12.3 Å². The van der Waals surface area contributed by atoms with Crippen LogP contribution in [0.4, 0.5) is 11.4 Å². The van der Waals surface area contributed by atoms with Crippen molar-refractivity contribution in [1.29, 1.82) is 0 Å². The fourth-order valence-corrected chi connectivity index (χ4v) is 2.74. The molecule has 0 aromatic heterocycles. The molecule has 0 spiro atoms. The van der Waals surface area contributed by atoms with Crippen LogP contribution in [-0.4, -0.2) is 31.8 Å². The molecule has 1 aliphatic carbocycles. The lowest BCUT2D eigenvalue weighted by molar-refractivity contribution is -0.385. The van der Waals surface area contributed by atoms with Crippen LogP contribution < -0.4 is 15.8 Å². The van der Waals surface area contributed by atoms with Crippen molar-refractivity contribution in [3.05, 3.63) is 28.3 Å². The van der Waals surface area contributed by atoms with Gasteiger partial charge in [0.2, 0.25) is 15.9 Å². The third kappa shape index (κ3) is 3.89. The molecule has 0 saturated heterocycles. The molecule has 0 unspecified atom stereocenters. The van der Waals surface area contributed by atoms with Gasteiger partial charge in [0, 0.05) is 18.2 Å². The summed E-state index contributed by atoms with van der Waals surface area (Å²) in [6, 6.07) is 3.21. The third-order valence-electron chi connectivity index (χ3n) is 2.86. The summed E-state index contributed by atoms with van der Waals surface area (Å²) in [6.07, 6.45) is 1.77. The zero-order valence-corrected chi connectivity index (χ0v) is 11.7. The van der Waals surface area contributed by atoms with Gasteiger partial charge >= 0.3 is 0 Å². The lowest BCUT2D eigenvalue weighted by Gasteiger charge is -2.09. The van der Waals surface area contributed by atoms with Crippen molar-refractivity contribution in [2.24, 2.45) is 0 Å². The zero-order valence-electron chi connectivity index (χ0n) is 10.9. The predicted molar refractivity (Wildman–Crippen MR) is 73.9 cm³/mol. The molecule has 0 aliphatic heterocycles. The Labute approximate surface area is 120 Å². The number of nitrogen functional groups attached to an aromatic ring is 1. The number of carbonyl (C=O) groups excluding carboxylic acids is 1. The van der Waals surface area contributed by atoms with E-state index in [4.69, 9.17) is 5.73 Å². The van der Waals surface area contributed by atoms with Crippen LogP contribution in [0.3, 0.4) is 0 Å². The fraction of sp³-hybridized carbons (Fsp3) is 0.364. The maximum atomic E-state index is 12.0. The first kappa shape index (κ1) is 15.2. The number of nitrogens with zero attached hydrogens (tertiary/aromatic N) is 1. The highest BCUT2D eigenvalue weighted by Crippen LogP contribution is 2.23. The number of nitro groups is 1. The Balaban J connectivity index is 2.12. The first-order valence-corrected chi connectivity index (χ1v) is 7.61. The molecule has 1 saturated carbocycles. The number of benzene rings is 1. The molecule has 1 amide bonds. The van der Waals surface area contributed by atoms with E-state index in [0.29, 0.717) is 0 Å². The number of hydrogen-bond acceptors (Lipinski definition) is 6. The highest BCUT2D eigenvalue weighted by atomic mass is 32.2. The van der Waals surface area contributed by atoms with Crippen LogP contribution >= 0.6 is 0 Å². The van der Waals surface area contributed by atoms with Crippen LogP contribution in [0, 0.1) is 10.1 Å². The van der Waals surface area contributed by atoms with E-state index >= 15 is 0 Å². The van der Waals surface area contributed by atoms with Gasteiger partial charge in [-0.2, -0.15) is 0 Å². The van der Waals surface area contributed by atoms with Gasteiger partial charge in [0.25, 0.3) is 5.69 Å². The van der Waals surface area contributed by atoms with Crippen molar-refractivity contribution in [3.8, 4) is 0 Å². The molecule has 9 nitrogen and oxygen atoms in total. The minimum Gasteiger partial charge on any atom is -0.398 e. The Kier molecular flexibility index (Phi) is 4.09. The van der Waals surface area contributed by atoms with Gasteiger partial charge in [-0.3, -0.25) is 14.9 Å². The Bertz CT molecular complexity index is 684. The molecule has 0 heterocycles. The number of hydrogen-bond donors (Lipinski definition) is 3. The predicted octanol–water partition coefficient (Wildman–Crippen LogP) is -0.266. The van der Waals surface area contributed by atoms with Crippen LogP contribution in [0.2, 0.25) is 0 Å². The smallest absolute Gasteiger partial charge is 0.270 e. The quantitative estimate of drug-likeness (QED) is 0.374. The molecule has 1 aromatic rings. The summed E-state index contributed by atoms with van der Waals surface area (Å²) in [6.45, 7) is -0.443. The number of carbonyl (C=O) groups is 1. The summed E-state index contributed by atoms with van der Waals surface area (Å²) in [7, 11) is -4.10. The number of nitro benzene ring substituents is 1. The van der Waals surface area contributed by atoms with E-state index < -0.39 is 38.0 Å². The Morgan fingerprint density at radius 2 is 2.10 bits per heavy atom. The summed E-state index contributed by atoms with van der Waals surface area (Å²) in [5.74, 6) is -0.454. The number of rotatable bonds is 6. The van der Waals surface area contributed by atoms with E-state index in [1.165, 1.54) is 0 Å². The van der Waals surface area contributed by atoms with Gasteiger partial charge < -0.3 is 11.1 Å². The minimum absolute atomic E-state index is 0.116. The lowest BCUT2D eigenvalue weighted by atomic mass is 10.3. The van der Waals surface area contributed by atoms with Crippen molar-refractivity contribution in [2.45, 2.75) is 23.8 Å². The fourth-order valence-electron chi connectivity index (χ4n) is 1.61. The molecule has 1 aromatic carbocycles. The summed E-state index contributed by atoms with van der Waals surface area (Å²) in [5.41, 5.74) is 5.01. The normalized spacial score (nSPS) is 14.7. The van der Waals surface area contributed by atoms with Gasteiger partial charge in [-0.05, 0) is 18.9 Å². The molecule has 2 rings (SSSR count). The molecule has 4 N–H and O–H groups in total. The zero-order chi connectivity index (χ0) is 15.6. The number of anilines is 1. The van der Waals surface area contributed by atoms with Gasteiger partial charge in [-0.25, -0.2) is 13.1 Å². The average molecular weight is 314 g/mol. The SMILES string of the molecule is Nc1ccc([N+](=O)[O-])cc1S(=O)(=O)NCC(=O)NC1CC1. The van der Waals surface area contributed by atoms with Gasteiger partial charge in [-0.1, -0.05) is 0 Å². The van der Waals surface area contributed by atoms with Crippen LogP contribution in [0.15, 0.2) is 23.1 Å². The molecule has 1 aliphatic rings. The molecule has 1 fully saturated rings. The number of amides is 1. The first-order valence-electron chi connectivity index (χ1n) is 6.12. The monoisotopic (exact) mass is 314 g/mol. The second kappa shape index (κ2) is 5.66. The van der Waals surface area contributed by atoms with Crippen molar-refractivity contribution in [3.63, 3.8) is 0 Å². The minimum atomic E-state index is -4.10. The summed E-state index contributed by atoms with van der Waals surface area (Å²) in [5, 5.41) is 13.3. The van der Waals surface area contributed by atoms with E-state index in [9.17, 15) is 23.3 Å². The third-order valence-corrected chi connectivity index (χ3v) is 4.32. The second-order valence-electron chi connectivity index (χ2n) is 4.65. The topological polar surface area (TPSA) is 144 Å². The number of non-ortho nitro benzene ring substituents is 1. The summed E-state index contributed by atoms with van der Waals surface area (Å²) < 4.78 is 26.2. The van der Waals surface area contributed by atoms with E-state index in [0.717, 1.165) is 31.0 Å². The molecule has 0 radical (unpaired) electrons. The van der Waals surface area contributed by atoms with E-state index in [2.05, 4.69) is 10.0 Å². The Morgan fingerprint density at radius 3 is 2.67 bits per heavy atom. The lowest BCUT2D eigenvalue weighted by Crippen LogP contribution is -2.38. The highest BCUT2D eigenvalue weighted by molar-refractivity contribution is 7.89. The molecule has 114 valence electrons. The molecular formula is C11H14N4O5S. The van der Waals surface area contributed by atoms with E-state index in [-0.39, 0.29) is 11.7 Å². The maximum Gasteiger partial charge on any atom is 0.270 e.